The number of rotatable bonds is 9. The Balaban J connectivity index is 1.57. The van der Waals surface area contributed by atoms with Crippen molar-refractivity contribution in [1.29, 1.82) is 0 Å². The molecule has 2 heterocycles. The van der Waals surface area contributed by atoms with Gasteiger partial charge in [0, 0.05) is 17.7 Å². The van der Waals surface area contributed by atoms with Crippen LogP contribution in [0.25, 0.3) is 11.2 Å². The highest BCUT2D eigenvalue weighted by Gasteiger charge is 2.43. The highest BCUT2D eigenvalue weighted by molar-refractivity contribution is 5.99. The molecule has 4 N–H and O–H groups in total. The van der Waals surface area contributed by atoms with Crippen molar-refractivity contribution in [3.63, 3.8) is 0 Å². The van der Waals surface area contributed by atoms with Crippen molar-refractivity contribution in [2.45, 2.75) is 77.9 Å². The number of ether oxygens (including phenoxy) is 2. The normalized spacial score (nSPS) is 12.7. The zero-order valence-electron chi connectivity index (χ0n) is 27.6. The molecule has 0 fully saturated rings. The van der Waals surface area contributed by atoms with Crippen LogP contribution in [0.2, 0.25) is 0 Å². The number of nitrogens with zero attached hydrogens (tertiary/aromatic N) is 4. The zero-order valence-corrected chi connectivity index (χ0v) is 27.6. The number of H-pyrrole nitrogens is 1. The number of alkyl halides is 3. The summed E-state index contributed by atoms with van der Waals surface area (Å²) in [6.07, 6.45) is -4.14. The summed E-state index contributed by atoms with van der Waals surface area (Å²) in [6.45, 7) is 10.1. The van der Waals surface area contributed by atoms with E-state index in [0.29, 0.717) is 16.2 Å². The molecule has 0 aliphatic carbocycles. The van der Waals surface area contributed by atoms with Crippen LogP contribution in [0.1, 0.15) is 63.2 Å². The first-order valence-corrected chi connectivity index (χ1v) is 15.0. The number of halogens is 3. The molecule has 0 spiro atoms. The average molecular weight is 700 g/mol. The summed E-state index contributed by atoms with van der Waals surface area (Å²) in [4.78, 5) is 65.5. The highest BCUT2D eigenvalue weighted by Crippen LogP contribution is 2.26. The molecule has 13 nitrogen and oxygen atoms in total. The van der Waals surface area contributed by atoms with E-state index in [1.165, 1.54) is 12.1 Å². The third-order valence-corrected chi connectivity index (χ3v) is 6.52. The van der Waals surface area contributed by atoms with E-state index in [4.69, 9.17) is 15.2 Å². The minimum Gasteiger partial charge on any atom is -0.488 e. The van der Waals surface area contributed by atoms with Crippen LogP contribution < -0.4 is 26.2 Å². The lowest BCUT2D eigenvalue weighted by atomic mass is 10.1. The average Bonchev–Trinajstić information content (AvgIpc) is 2.98. The molecule has 2 amide bonds. The maximum absolute atomic E-state index is 13.6. The van der Waals surface area contributed by atoms with E-state index in [1.807, 2.05) is 20.8 Å². The van der Waals surface area contributed by atoms with Crippen molar-refractivity contribution in [3.8, 4) is 5.75 Å². The Kier molecular flexibility index (Phi) is 10.3. The third-order valence-electron chi connectivity index (χ3n) is 6.52. The van der Waals surface area contributed by atoms with Gasteiger partial charge in [0.15, 0.2) is 11.2 Å². The quantitative estimate of drug-likeness (QED) is 0.214. The van der Waals surface area contributed by atoms with Crippen molar-refractivity contribution >= 4 is 40.6 Å². The Labute approximate surface area is 279 Å². The second-order valence-electron chi connectivity index (χ2n) is 13.0. The van der Waals surface area contributed by atoms with Crippen LogP contribution in [0.15, 0.2) is 59.5 Å². The van der Waals surface area contributed by atoms with Gasteiger partial charge in [-0.3, -0.25) is 24.3 Å². The maximum Gasteiger partial charge on any atom is 0.471 e. The third kappa shape index (κ3) is 9.98. The molecular formula is C33H36F3N7O6. The maximum atomic E-state index is 13.6. The number of hydrogen-bond donors (Lipinski definition) is 3. The number of nitrogen functional groups attached to an aromatic ring is 1. The SMILES string of the molecule is CC(C)(C)OC(=O)[14C@H]([14CH2][14c]1[14cH][14cH][14c](OC(C)(C)C)[14cH][14cH]1)NC(=O)c1ccc(N(Cc2cnc3nc(N)[nH]c(=O)c3n2)C(=O)C(F)(F)F)cc1. The summed E-state index contributed by atoms with van der Waals surface area (Å²) in [5.41, 5.74) is 3.35. The van der Waals surface area contributed by atoms with E-state index in [1.54, 1.807) is 45.0 Å². The van der Waals surface area contributed by atoms with Crippen LogP contribution in [0.3, 0.4) is 0 Å². The molecule has 0 radical (unpaired) electrons. The number of carbonyl (C=O) groups excluding carboxylic acids is 3. The molecule has 0 unspecified atom stereocenters. The van der Waals surface area contributed by atoms with Gasteiger partial charge in [0.1, 0.15) is 23.0 Å². The smallest absolute Gasteiger partial charge is 0.471 e. The number of amides is 2. The van der Waals surface area contributed by atoms with E-state index in [9.17, 15) is 32.3 Å². The lowest BCUT2D eigenvalue weighted by Gasteiger charge is -2.25. The summed E-state index contributed by atoms with van der Waals surface area (Å²) < 4.78 is 52.3. The molecule has 0 aliphatic heterocycles. The van der Waals surface area contributed by atoms with Gasteiger partial charge in [-0.2, -0.15) is 18.2 Å². The van der Waals surface area contributed by atoms with Crippen LogP contribution >= 0.6 is 0 Å². The summed E-state index contributed by atoms with van der Waals surface area (Å²) in [5.74, 6) is -3.23. The van der Waals surface area contributed by atoms with Gasteiger partial charge in [0.2, 0.25) is 5.95 Å². The number of esters is 1. The largest absolute Gasteiger partial charge is 0.488 e. The fourth-order valence-corrected chi connectivity index (χ4v) is 4.53. The molecule has 1 atom stereocenters. The number of aromatic nitrogens is 4. The van der Waals surface area contributed by atoms with Crippen LogP contribution in [0, 0.1) is 0 Å². The molecule has 4 rings (SSSR count). The molecule has 0 bridgehead atoms. The fourth-order valence-electron chi connectivity index (χ4n) is 4.53. The van der Waals surface area contributed by atoms with Gasteiger partial charge in [-0.1, -0.05) is 12.1 Å². The molecule has 0 saturated carbocycles. The van der Waals surface area contributed by atoms with E-state index in [0.717, 1.165) is 18.3 Å². The first-order valence-electron chi connectivity index (χ1n) is 15.0. The molecule has 0 saturated heterocycles. The Hall–Kier alpha value is -5.54. The number of anilines is 2. The van der Waals surface area contributed by atoms with Gasteiger partial charge in [-0.15, -0.1) is 0 Å². The number of carbonyl (C=O) groups is 3. The number of benzene rings is 2. The Morgan fingerprint density at radius 1 is 1.02 bits per heavy atom. The van der Waals surface area contributed by atoms with E-state index in [2.05, 4.69) is 25.3 Å². The van der Waals surface area contributed by atoms with Crippen molar-refractivity contribution < 1.29 is 37.0 Å². The Morgan fingerprint density at radius 2 is 1.65 bits per heavy atom. The molecule has 2 aromatic heterocycles. The molecular weight excluding hydrogens is 663 g/mol. The van der Waals surface area contributed by atoms with Gasteiger partial charge in [-0.05, 0) is 83.5 Å². The van der Waals surface area contributed by atoms with Crippen molar-refractivity contribution in [2.24, 2.45) is 0 Å². The second kappa shape index (κ2) is 13.9. The van der Waals surface area contributed by atoms with Gasteiger partial charge >= 0.3 is 18.1 Å². The monoisotopic (exact) mass is 699 g/mol. The summed E-state index contributed by atoms with van der Waals surface area (Å²) in [7, 11) is 0. The predicted molar refractivity (Wildman–Crippen MR) is 174 cm³/mol. The molecule has 16 heteroatoms. The first-order chi connectivity index (χ1) is 22.7. The van der Waals surface area contributed by atoms with Crippen molar-refractivity contribution in [2.75, 3.05) is 10.6 Å². The van der Waals surface area contributed by atoms with Crippen molar-refractivity contribution in [3.05, 3.63) is 81.9 Å². The highest BCUT2D eigenvalue weighted by atomic mass is 19.4. The summed E-state index contributed by atoms with van der Waals surface area (Å²) >= 11 is 0. The van der Waals surface area contributed by atoms with Crippen LogP contribution in [0.5, 0.6) is 5.75 Å². The van der Waals surface area contributed by atoms with E-state index < -0.39 is 53.3 Å². The first kappa shape index (κ1) is 36.3. The van der Waals surface area contributed by atoms with Crippen LogP contribution in [-0.4, -0.2) is 61.1 Å². The minimum atomic E-state index is -5.27. The fraction of sp³-hybridized carbons (Fsp3) is 0.364. The number of nitrogens with two attached hydrogens (primary N) is 1. The van der Waals surface area contributed by atoms with E-state index in [-0.39, 0.29) is 40.5 Å². The van der Waals surface area contributed by atoms with Gasteiger partial charge in [-0.25, -0.2) is 14.8 Å². The van der Waals surface area contributed by atoms with E-state index >= 15 is 0 Å². The Bertz CT molecular complexity index is 1900. The standard InChI is InChI=1S/C33H36F3N7O6/c1-31(2,3)48-22-13-7-18(8-14-22)15-23(28(46)49-32(4,5)6)40-26(44)19-9-11-21(12-10-19)43(29(47)33(34,35)36)17-20-16-38-25-24(39-20)27(45)42-30(37)41-25/h7-14,16,23H,15,17H2,1-6H3,(H,40,44)(H3,37,38,41,42,45)/t23-/m0/s1/i7+2,8+2,13+2,14+2,15+2,18+2,22+2,23+2. The molecule has 4 aromatic rings. The predicted octanol–water partition coefficient (Wildman–Crippen LogP) is 4.25. The second-order valence-corrected chi connectivity index (χ2v) is 13.0. The number of fused-ring (bicyclic) bond motifs is 1. The van der Waals surface area contributed by atoms with Crippen molar-refractivity contribution in [1.82, 2.24) is 25.3 Å². The van der Waals surface area contributed by atoms with Gasteiger partial charge in [0.25, 0.3) is 11.5 Å². The molecule has 2 aromatic carbocycles. The summed E-state index contributed by atoms with van der Waals surface area (Å²) in [6, 6.07) is 10.6. The number of nitrogens with one attached hydrogen (secondary N) is 2. The lowest BCUT2D eigenvalue weighted by molar-refractivity contribution is -0.170. The van der Waals surface area contributed by atoms with Crippen LogP contribution in [-0.2, 0) is 27.3 Å². The van der Waals surface area contributed by atoms with Gasteiger partial charge < -0.3 is 20.5 Å². The number of aromatic amines is 1. The molecule has 260 valence electrons. The summed E-state index contributed by atoms with van der Waals surface area (Å²) in [5, 5.41) is 2.65. The zero-order chi connectivity index (χ0) is 36.3. The molecule has 49 heavy (non-hydrogen) atoms. The Morgan fingerprint density at radius 3 is 2.22 bits per heavy atom. The lowest BCUT2D eigenvalue weighted by Crippen LogP contribution is -2.45. The molecule has 0 aliphatic rings. The van der Waals surface area contributed by atoms with Gasteiger partial charge in [0.05, 0.1) is 18.4 Å². The topological polar surface area (TPSA) is 182 Å². The van der Waals surface area contributed by atoms with Crippen LogP contribution in [0.4, 0.5) is 24.8 Å². The minimum absolute atomic E-state index is 0.00802. The number of hydrogen-bond acceptors (Lipinski definition) is 10.